The van der Waals surface area contributed by atoms with E-state index in [9.17, 15) is 9.59 Å². The number of benzene rings is 1. The summed E-state index contributed by atoms with van der Waals surface area (Å²) in [6.07, 6.45) is 0. The summed E-state index contributed by atoms with van der Waals surface area (Å²) in [6.45, 7) is 3.58. The molecule has 2 aromatic heterocycles. The largest absolute Gasteiger partial charge is 0.365 e. The Morgan fingerprint density at radius 2 is 1.92 bits per heavy atom. The van der Waals surface area contributed by atoms with Gasteiger partial charge in [-0.1, -0.05) is 35.5 Å². The zero-order valence-corrected chi connectivity index (χ0v) is 13.9. The number of hydrogen-bond acceptors (Lipinski definition) is 5. The molecule has 0 saturated carbocycles. The van der Waals surface area contributed by atoms with Gasteiger partial charge in [0.15, 0.2) is 5.69 Å². The molecule has 0 aliphatic rings. The highest BCUT2D eigenvalue weighted by Gasteiger charge is 2.23. The van der Waals surface area contributed by atoms with Crippen LogP contribution in [0.15, 0.2) is 40.9 Å². The molecule has 0 bridgehead atoms. The van der Waals surface area contributed by atoms with Crippen molar-refractivity contribution in [1.29, 1.82) is 0 Å². The highest BCUT2D eigenvalue weighted by Crippen LogP contribution is 2.39. The molecule has 24 heavy (non-hydrogen) atoms. The lowest BCUT2D eigenvalue weighted by Crippen LogP contribution is -2.17. The number of carbonyl (C=O) groups excluding carboxylic acids is 2. The predicted octanol–water partition coefficient (Wildman–Crippen LogP) is 3.37. The number of nitrogens with zero attached hydrogens (tertiary/aromatic N) is 1. The molecule has 0 spiro atoms. The van der Waals surface area contributed by atoms with Crippen LogP contribution >= 0.6 is 11.3 Å². The minimum Gasteiger partial charge on any atom is -0.365 e. The molecule has 0 unspecified atom stereocenters. The second-order valence-electron chi connectivity index (χ2n) is 5.24. The monoisotopic (exact) mass is 341 g/mol. The van der Waals surface area contributed by atoms with E-state index in [4.69, 9.17) is 10.3 Å². The van der Waals surface area contributed by atoms with Gasteiger partial charge in [0.2, 0.25) is 0 Å². The maximum absolute atomic E-state index is 12.3. The Hall–Kier alpha value is -2.93. The van der Waals surface area contributed by atoms with Crippen molar-refractivity contribution in [3.05, 3.63) is 58.3 Å². The fourth-order valence-electron chi connectivity index (χ4n) is 2.46. The van der Waals surface area contributed by atoms with Gasteiger partial charge in [0.25, 0.3) is 11.8 Å². The van der Waals surface area contributed by atoms with Crippen LogP contribution in [0, 0.1) is 13.8 Å². The lowest BCUT2D eigenvalue weighted by atomic mass is 10.0. The second-order valence-corrected chi connectivity index (χ2v) is 6.47. The number of carbonyl (C=O) groups is 2. The summed E-state index contributed by atoms with van der Waals surface area (Å²) in [7, 11) is 0. The molecule has 0 radical (unpaired) electrons. The number of hydrogen-bond donors (Lipinski definition) is 2. The normalized spacial score (nSPS) is 10.6. The predicted molar refractivity (Wildman–Crippen MR) is 92.2 cm³/mol. The van der Waals surface area contributed by atoms with Crippen LogP contribution < -0.4 is 11.1 Å². The van der Waals surface area contributed by atoms with Crippen molar-refractivity contribution in [2.24, 2.45) is 5.73 Å². The van der Waals surface area contributed by atoms with Crippen LogP contribution in [0.5, 0.6) is 0 Å². The molecule has 7 heteroatoms. The summed E-state index contributed by atoms with van der Waals surface area (Å²) < 4.78 is 4.90. The molecule has 0 aliphatic heterocycles. The highest BCUT2D eigenvalue weighted by molar-refractivity contribution is 7.17. The van der Waals surface area contributed by atoms with Crippen molar-refractivity contribution in [1.82, 2.24) is 5.16 Å². The topological polar surface area (TPSA) is 98.2 Å². The van der Waals surface area contributed by atoms with Crippen LogP contribution in [-0.2, 0) is 0 Å². The van der Waals surface area contributed by atoms with Crippen molar-refractivity contribution < 1.29 is 14.1 Å². The SMILES string of the molecule is Cc1cc(C(=O)Nc2sc(C)c(-c3ccccc3)c2C(N)=O)no1. The molecular formula is C17H15N3O3S. The summed E-state index contributed by atoms with van der Waals surface area (Å²) >= 11 is 1.30. The lowest BCUT2D eigenvalue weighted by molar-refractivity contribution is 0.100. The standard InChI is InChI=1S/C17H15N3O3S/c1-9-8-12(20-23-9)16(22)19-17-14(15(18)21)13(10(2)24-17)11-6-4-3-5-7-11/h3-8H,1-2H3,(H2,18,21)(H,19,22). The van der Waals surface area contributed by atoms with Crippen molar-refractivity contribution >= 4 is 28.2 Å². The maximum Gasteiger partial charge on any atom is 0.278 e. The first-order valence-electron chi connectivity index (χ1n) is 7.20. The van der Waals surface area contributed by atoms with E-state index in [1.807, 2.05) is 37.3 Å². The molecule has 6 nitrogen and oxygen atoms in total. The van der Waals surface area contributed by atoms with Crippen LogP contribution in [0.25, 0.3) is 11.1 Å². The Balaban J connectivity index is 2.03. The Morgan fingerprint density at radius 1 is 1.21 bits per heavy atom. The Kier molecular flexibility index (Phi) is 4.18. The number of nitrogens with two attached hydrogens (primary N) is 1. The van der Waals surface area contributed by atoms with E-state index in [0.29, 0.717) is 16.3 Å². The minimum atomic E-state index is -0.593. The van der Waals surface area contributed by atoms with E-state index < -0.39 is 11.8 Å². The van der Waals surface area contributed by atoms with E-state index in [1.165, 1.54) is 17.4 Å². The number of rotatable bonds is 4. The smallest absolute Gasteiger partial charge is 0.278 e. The number of amides is 2. The Labute approximate surface area is 142 Å². The number of primary amides is 1. The van der Waals surface area contributed by atoms with Crippen molar-refractivity contribution in [2.75, 3.05) is 5.32 Å². The van der Waals surface area contributed by atoms with Gasteiger partial charge < -0.3 is 15.6 Å². The average Bonchev–Trinajstić information content (AvgIpc) is 3.11. The van der Waals surface area contributed by atoms with Gasteiger partial charge in [-0.25, -0.2) is 0 Å². The molecule has 0 saturated heterocycles. The molecule has 0 atom stereocenters. The lowest BCUT2D eigenvalue weighted by Gasteiger charge is -2.06. The third-order valence-corrected chi connectivity index (χ3v) is 4.50. The number of aryl methyl sites for hydroxylation is 2. The summed E-state index contributed by atoms with van der Waals surface area (Å²) in [5.74, 6) is -0.511. The molecule has 2 heterocycles. The van der Waals surface area contributed by atoms with Crippen molar-refractivity contribution in [3.63, 3.8) is 0 Å². The van der Waals surface area contributed by atoms with Crippen LogP contribution in [-0.4, -0.2) is 17.0 Å². The number of nitrogens with one attached hydrogen (secondary N) is 1. The highest BCUT2D eigenvalue weighted by atomic mass is 32.1. The van der Waals surface area contributed by atoms with E-state index >= 15 is 0 Å². The molecular weight excluding hydrogens is 326 g/mol. The van der Waals surface area contributed by atoms with Gasteiger partial charge >= 0.3 is 0 Å². The maximum atomic E-state index is 12.3. The third-order valence-electron chi connectivity index (χ3n) is 3.48. The quantitative estimate of drug-likeness (QED) is 0.760. The van der Waals surface area contributed by atoms with E-state index in [0.717, 1.165) is 16.0 Å². The fraction of sp³-hybridized carbons (Fsp3) is 0.118. The van der Waals surface area contributed by atoms with Gasteiger partial charge in [-0.15, -0.1) is 11.3 Å². The van der Waals surface area contributed by atoms with Gasteiger partial charge in [-0.05, 0) is 19.4 Å². The molecule has 3 N–H and O–H groups in total. The molecule has 3 rings (SSSR count). The summed E-state index contributed by atoms with van der Waals surface area (Å²) in [4.78, 5) is 25.2. The van der Waals surface area contributed by atoms with E-state index in [-0.39, 0.29) is 5.69 Å². The number of thiophene rings is 1. The minimum absolute atomic E-state index is 0.148. The van der Waals surface area contributed by atoms with Gasteiger partial charge in [0.1, 0.15) is 10.8 Å². The molecule has 0 fully saturated rings. The van der Waals surface area contributed by atoms with Crippen LogP contribution in [0.2, 0.25) is 0 Å². The first-order valence-corrected chi connectivity index (χ1v) is 8.02. The molecule has 122 valence electrons. The first-order chi connectivity index (χ1) is 11.5. The van der Waals surface area contributed by atoms with Gasteiger partial charge in [0, 0.05) is 16.5 Å². The van der Waals surface area contributed by atoms with E-state index in [2.05, 4.69) is 10.5 Å². The molecule has 1 aromatic carbocycles. The van der Waals surface area contributed by atoms with E-state index in [1.54, 1.807) is 6.92 Å². The van der Waals surface area contributed by atoms with Gasteiger partial charge in [-0.2, -0.15) is 0 Å². The van der Waals surface area contributed by atoms with Gasteiger partial charge in [0.05, 0.1) is 5.56 Å². The average molecular weight is 341 g/mol. The van der Waals surface area contributed by atoms with Crippen molar-refractivity contribution in [3.8, 4) is 11.1 Å². The summed E-state index contributed by atoms with van der Waals surface area (Å²) in [5.41, 5.74) is 7.63. The second kappa shape index (κ2) is 6.29. The Morgan fingerprint density at radius 3 is 2.50 bits per heavy atom. The van der Waals surface area contributed by atoms with Gasteiger partial charge in [-0.3, -0.25) is 9.59 Å². The Bertz CT molecular complexity index is 913. The van der Waals surface area contributed by atoms with Crippen LogP contribution in [0.1, 0.15) is 31.5 Å². The zero-order chi connectivity index (χ0) is 17.3. The molecule has 3 aromatic rings. The van der Waals surface area contributed by atoms with Crippen molar-refractivity contribution in [2.45, 2.75) is 13.8 Å². The molecule has 0 aliphatic carbocycles. The zero-order valence-electron chi connectivity index (χ0n) is 13.1. The number of anilines is 1. The van der Waals surface area contributed by atoms with Crippen LogP contribution in [0.3, 0.4) is 0 Å². The summed E-state index contributed by atoms with van der Waals surface area (Å²) in [6, 6.07) is 11.0. The molecule has 2 amide bonds. The van der Waals surface area contributed by atoms with Crippen LogP contribution in [0.4, 0.5) is 5.00 Å². The number of aromatic nitrogens is 1. The first kappa shape index (κ1) is 15.9. The third kappa shape index (κ3) is 2.93. The summed E-state index contributed by atoms with van der Waals surface area (Å²) in [5, 5.41) is 6.79. The fourth-order valence-corrected chi connectivity index (χ4v) is 3.54.